The first-order valence-electron chi connectivity index (χ1n) is 11.3. The summed E-state index contributed by atoms with van der Waals surface area (Å²) in [6.45, 7) is 6.25. The highest BCUT2D eigenvalue weighted by atomic mass is 79.9. The maximum atomic E-state index is 13.1. The standard InChI is InChI=1S/C26H28BrN3O4/c1-26(2,3)34-25(32)30-15-7-10-20(30)23-28-21(18-11-13-19(27)14-12-18)22(29-23)24(31)33-16-17-8-5-4-6-9-17/h4-6,8-9,11-14,20H,7,10,15-16H2,1-3H3,(H,28,29)/t20-/m0/s1. The second-order valence-corrected chi connectivity index (χ2v) is 10.2. The molecule has 1 fully saturated rings. The monoisotopic (exact) mass is 525 g/mol. The topological polar surface area (TPSA) is 84.5 Å². The number of amides is 1. The molecule has 0 unspecified atom stereocenters. The van der Waals surface area contributed by atoms with Crippen LogP contribution < -0.4 is 0 Å². The van der Waals surface area contributed by atoms with E-state index >= 15 is 0 Å². The average molecular weight is 526 g/mol. The lowest BCUT2D eigenvalue weighted by Gasteiger charge is -2.27. The van der Waals surface area contributed by atoms with E-state index < -0.39 is 11.6 Å². The third-order valence-electron chi connectivity index (χ3n) is 5.45. The van der Waals surface area contributed by atoms with Gasteiger partial charge in [0.25, 0.3) is 0 Å². The molecule has 3 aromatic rings. The molecule has 7 nitrogen and oxygen atoms in total. The van der Waals surface area contributed by atoms with E-state index in [-0.39, 0.29) is 24.4 Å². The van der Waals surface area contributed by atoms with E-state index in [1.807, 2.05) is 75.4 Å². The molecule has 0 saturated carbocycles. The number of aromatic nitrogens is 2. The first kappa shape index (κ1) is 24.0. The molecule has 0 spiro atoms. The Bertz CT molecular complexity index is 1150. The summed E-state index contributed by atoms with van der Waals surface area (Å²) < 4.78 is 12.1. The van der Waals surface area contributed by atoms with Crippen LogP contribution in [0.15, 0.2) is 59.1 Å². The predicted octanol–water partition coefficient (Wildman–Crippen LogP) is 6.27. The second kappa shape index (κ2) is 10.0. The number of ether oxygens (including phenoxy) is 2. The first-order chi connectivity index (χ1) is 16.2. The highest BCUT2D eigenvalue weighted by Crippen LogP contribution is 2.34. The van der Waals surface area contributed by atoms with Gasteiger partial charge in [-0.1, -0.05) is 58.4 Å². The average Bonchev–Trinajstić information content (AvgIpc) is 3.45. The van der Waals surface area contributed by atoms with Crippen molar-refractivity contribution >= 4 is 28.0 Å². The third kappa shape index (κ3) is 5.67. The van der Waals surface area contributed by atoms with Crippen LogP contribution in [0.25, 0.3) is 11.3 Å². The molecule has 1 atom stereocenters. The molecule has 0 aliphatic carbocycles. The number of aromatic amines is 1. The molecule has 0 bridgehead atoms. The number of hydrogen-bond acceptors (Lipinski definition) is 5. The van der Waals surface area contributed by atoms with Gasteiger partial charge in [-0.2, -0.15) is 0 Å². The molecule has 1 saturated heterocycles. The molecule has 34 heavy (non-hydrogen) atoms. The van der Waals surface area contributed by atoms with Crippen molar-refractivity contribution in [2.45, 2.75) is 51.9 Å². The van der Waals surface area contributed by atoms with Crippen molar-refractivity contribution in [2.75, 3.05) is 6.54 Å². The number of carbonyl (C=O) groups excluding carboxylic acids is 2. The van der Waals surface area contributed by atoms with E-state index in [0.717, 1.165) is 28.4 Å². The van der Waals surface area contributed by atoms with Crippen LogP contribution in [0.3, 0.4) is 0 Å². The molecular weight excluding hydrogens is 498 g/mol. The van der Waals surface area contributed by atoms with Crippen molar-refractivity contribution < 1.29 is 19.1 Å². The zero-order valence-electron chi connectivity index (χ0n) is 19.5. The predicted molar refractivity (Wildman–Crippen MR) is 132 cm³/mol. The number of nitrogens with zero attached hydrogens (tertiary/aromatic N) is 2. The van der Waals surface area contributed by atoms with Crippen LogP contribution in [0.2, 0.25) is 0 Å². The maximum Gasteiger partial charge on any atom is 0.410 e. The minimum absolute atomic E-state index is 0.154. The summed E-state index contributed by atoms with van der Waals surface area (Å²) in [5.74, 6) is 0.0512. The first-order valence-corrected chi connectivity index (χ1v) is 12.1. The summed E-state index contributed by atoms with van der Waals surface area (Å²) in [6, 6.07) is 16.8. The summed E-state index contributed by atoms with van der Waals surface area (Å²) in [5, 5.41) is 0. The van der Waals surface area contributed by atoms with Gasteiger partial charge in [-0.15, -0.1) is 0 Å². The highest BCUT2D eigenvalue weighted by molar-refractivity contribution is 9.10. The van der Waals surface area contributed by atoms with Gasteiger partial charge < -0.3 is 14.5 Å². The normalized spacial score (nSPS) is 15.9. The number of rotatable bonds is 5. The van der Waals surface area contributed by atoms with E-state index in [0.29, 0.717) is 18.1 Å². The zero-order chi connectivity index (χ0) is 24.3. The highest BCUT2D eigenvalue weighted by Gasteiger charge is 2.36. The van der Waals surface area contributed by atoms with Crippen LogP contribution in [0.1, 0.15) is 61.5 Å². The van der Waals surface area contributed by atoms with Gasteiger partial charge in [-0.05, 0) is 51.3 Å². The molecule has 0 radical (unpaired) electrons. The maximum absolute atomic E-state index is 13.1. The Morgan fingerprint density at radius 3 is 2.50 bits per heavy atom. The number of H-pyrrole nitrogens is 1. The third-order valence-corrected chi connectivity index (χ3v) is 5.98. The van der Waals surface area contributed by atoms with E-state index in [2.05, 4.69) is 20.9 Å². The summed E-state index contributed by atoms with van der Waals surface area (Å²) in [7, 11) is 0. The Kier molecular flexibility index (Phi) is 7.07. The number of halogens is 1. The van der Waals surface area contributed by atoms with Crippen molar-refractivity contribution in [1.82, 2.24) is 14.9 Å². The lowest BCUT2D eigenvalue weighted by molar-refractivity contribution is 0.0218. The van der Waals surface area contributed by atoms with E-state index in [4.69, 9.17) is 14.5 Å². The fourth-order valence-electron chi connectivity index (χ4n) is 3.90. The Balaban J connectivity index is 1.64. The number of hydrogen-bond donors (Lipinski definition) is 1. The number of benzene rings is 2. The van der Waals surface area contributed by atoms with Gasteiger partial charge in [0.15, 0.2) is 5.69 Å². The summed E-state index contributed by atoms with van der Waals surface area (Å²) in [4.78, 5) is 35.5. The zero-order valence-corrected chi connectivity index (χ0v) is 21.1. The van der Waals surface area contributed by atoms with Crippen LogP contribution in [-0.4, -0.2) is 39.1 Å². The number of likely N-dealkylation sites (tertiary alicyclic amines) is 1. The quantitative estimate of drug-likeness (QED) is 0.397. The van der Waals surface area contributed by atoms with Crippen molar-refractivity contribution in [2.24, 2.45) is 0 Å². The SMILES string of the molecule is CC(C)(C)OC(=O)N1CCC[C@H]1c1nc(-c2ccc(Br)cc2)c(C(=O)OCc2ccccc2)[nH]1. The van der Waals surface area contributed by atoms with Crippen molar-refractivity contribution in [3.05, 3.63) is 76.2 Å². The van der Waals surface area contributed by atoms with Gasteiger partial charge in [-0.3, -0.25) is 4.90 Å². The largest absolute Gasteiger partial charge is 0.456 e. The summed E-state index contributed by atoms with van der Waals surface area (Å²) in [5.41, 5.74) is 1.84. The number of carbonyl (C=O) groups is 2. The number of nitrogens with one attached hydrogen (secondary N) is 1. The van der Waals surface area contributed by atoms with Crippen LogP contribution in [-0.2, 0) is 16.1 Å². The van der Waals surface area contributed by atoms with Crippen LogP contribution >= 0.6 is 15.9 Å². The molecule has 1 aliphatic heterocycles. The van der Waals surface area contributed by atoms with Crippen molar-refractivity contribution in [3.8, 4) is 11.3 Å². The van der Waals surface area contributed by atoms with Crippen LogP contribution in [0, 0.1) is 0 Å². The lowest BCUT2D eigenvalue weighted by Crippen LogP contribution is -2.36. The van der Waals surface area contributed by atoms with Gasteiger partial charge in [-0.25, -0.2) is 14.6 Å². The molecule has 8 heteroatoms. The van der Waals surface area contributed by atoms with Crippen molar-refractivity contribution in [1.29, 1.82) is 0 Å². The lowest BCUT2D eigenvalue weighted by atomic mass is 10.1. The van der Waals surface area contributed by atoms with Crippen LogP contribution in [0.4, 0.5) is 4.79 Å². The van der Waals surface area contributed by atoms with Gasteiger partial charge >= 0.3 is 12.1 Å². The fraction of sp³-hybridized carbons (Fsp3) is 0.346. The Morgan fingerprint density at radius 2 is 1.82 bits per heavy atom. The molecule has 178 valence electrons. The van der Waals surface area contributed by atoms with Gasteiger partial charge in [0, 0.05) is 16.6 Å². The molecule has 1 amide bonds. The van der Waals surface area contributed by atoms with E-state index in [1.165, 1.54) is 0 Å². The number of esters is 1. The number of imidazole rings is 1. The minimum Gasteiger partial charge on any atom is -0.456 e. The Labute approximate surface area is 207 Å². The van der Waals surface area contributed by atoms with Gasteiger partial charge in [0.05, 0.1) is 6.04 Å². The van der Waals surface area contributed by atoms with Crippen LogP contribution in [0.5, 0.6) is 0 Å². The summed E-state index contributed by atoms with van der Waals surface area (Å²) >= 11 is 3.45. The Morgan fingerprint density at radius 1 is 1.12 bits per heavy atom. The van der Waals surface area contributed by atoms with Gasteiger partial charge in [0.2, 0.25) is 0 Å². The molecule has 1 aromatic heterocycles. The minimum atomic E-state index is -0.595. The fourth-order valence-corrected chi connectivity index (χ4v) is 4.16. The van der Waals surface area contributed by atoms with E-state index in [9.17, 15) is 9.59 Å². The second-order valence-electron chi connectivity index (χ2n) is 9.25. The molecule has 4 rings (SSSR count). The molecule has 1 aliphatic rings. The van der Waals surface area contributed by atoms with Crippen molar-refractivity contribution in [3.63, 3.8) is 0 Å². The smallest absolute Gasteiger partial charge is 0.410 e. The Hall–Kier alpha value is -3.13. The van der Waals surface area contributed by atoms with Gasteiger partial charge in [0.1, 0.15) is 23.7 Å². The molecule has 2 aromatic carbocycles. The summed E-state index contributed by atoms with van der Waals surface area (Å²) in [6.07, 6.45) is 1.17. The molecule has 2 heterocycles. The molecular formula is C26H28BrN3O4. The molecule has 1 N–H and O–H groups in total. The van der Waals surface area contributed by atoms with E-state index in [1.54, 1.807) is 4.90 Å².